The second kappa shape index (κ2) is 9.29. The number of aromatic nitrogens is 4. The third-order valence-corrected chi connectivity index (χ3v) is 6.27. The zero-order valence-corrected chi connectivity index (χ0v) is 18.5. The van der Waals surface area contributed by atoms with Crippen molar-refractivity contribution in [2.75, 3.05) is 11.4 Å². The number of tetrazole rings is 1. The van der Waals surface area contributed by atoms with Crippen molar-refractivity contribution in [1.82, 2.24) is 20.2 Å². The highest BCUT2D eigenvalue weighted by atomic mass is 19.4. The van der Waals surface area contributed by atoms with E-state index >= 15 is 0 Å². The smallest absolute Gasteiger partial charge is 0.357 e. The van der Waals surface area contributed by atoms with Crippen molar-refractivity contribution in [2.24, 2.45) is 0 Å². The molecule has 8 heteroatoms. The fourth-order valence-corrected chi connectivity index (χ4v) is 4.60. The van der Waals surface area contributed by atoms with Crippen molar-refractivity contribution in [3.8, 4) is 0 Å². The normalized spacial score (nSPS) is 14.6. The monoisotopic (exact) mass is 463 g/mol. The third kappa shape index (κ3) is 4.53. The quantitative estimate of drug-likeness (QED) is 0.380. The number of hydrogen-bond donors (Lipinski definition) is 0. The Labute approximate surface area is 195 Å². The van der Waals surface area contributed by atoms with Gasteiger partial charge in [-0.15, -0.1) is 5.10 Å². The summed E-state index contributed by atoms with van der Waals surface area (Å²) in [5, 5.41) is 12.5. The number of rotatable bonds is 6. The largest absolute Gasteiger partial charge is 0.416 e. The Balaban J connectivity index is 1.54. The molecule has 0 aliphatic carbocycles. The molecule has 5 nitrogen and oxygen atoms in total. The van der Waals surface area contributed by atoms with Crippen molar-refractivity contribution in [3.05, 3.63) is 107 Å². The Kier molecular flexibility index (Phi) is 6.04. The maximum absolute atomic E-state index is 13.2. The van der Waals surface area contributed by atoms with E-state index < -0.39 is 17.8 Å². The number of alkyl halides is 3. The summed E-state index contributed by atoms with van der Waals surface area (Å²) in [6.45, 7) is 1.33. The number of halogens is 3. The van der Waals surface area contributed by atoms with Crippen LogP contribution >= 0.6 is 0 Å². The van der Waals surface area contributed by atoms with Crippen molar-refractivity contribution >= 4 is 5.69 Å². The first-order valence-electron chi connectivity index (χ1n) is 11.3. The van der Waals surface area contributed by atoms with Gasteiger partial charge in [-0.25, -0.2) is 4.68 Å². The summed E-state index contributed by atoms with van der Waals surface area (Å²) >= 11 is 0. The van der Waals surface area contributed by atoms with Crippen LogP contribution in [0, 0.1) is 0 Å². The van der Waals surface area contributed by atoms with Crippen LogP contribution in [0.1, 0.15) is 40.5 Å². The van der Waals surface area contributed by atoms with Crippen LogP contribution in [-0.4, -0.2) is 26.8 Å². The summed E-state index contributed by atoms with van der Waals surface area (Å²) in [7, 11) is 0. The SMILES string of the molecule is FC(F)(F)c1ccc([C@H](c2nnnn2CCc2ccccc2)N2CCCc3ccccc32)cc1. The predicted octanol–water partition coefficient (Wildman–Crippen LogP) is 5.48. The third-order valence-electron chi connectivity index (χ3n) is 6.27. The van der Waals surface area contributed by atoms with E-state index in [4.69, 9.17) is 0 Å². The van der Waals surface area contributed by atoms with E-state index in [1.165, 1.54) is 11.1 Å². The van der Waals surface area contributed by atoms with E-state index in [-0.39, 0.29) is 0 Å². The Morgan fingerprint density at radius 1 is 0.882 bits per heavy atom. The van der Waals surface area contributed by atoms with Crippen LogP contribution in [0.5, 0.6) is 0 Å². The minimum atomic E-state index is -4.39. The molecule has 34 heavy (non-hydrogen) atoms. The lowest BCUT2D eigenvalue weighted by Crippen LogP contribution is -2.36. The number of para-hydroxylation sites is 1. The topological polar surface area (TPSA) is 46.8 Å². The molecule has 5 rings (SSSR count). The maximum Gasteiger partial charge on any atom is 0.416 e. The second-order valence-corrected chi connectivity index (χ2v) is 8.44. The summed E-state index contributed by atoms with van der Waals surface area (Å²) in [5.41, 5.74) is 3.50. The van der Waals surface area contributed by atoms with E-state index in [1.54, 1.807) is 16.8 Å². The molecule has 174 valence electrons. The highest BCUT2D eigenvalue weighted by Gasteiger charge is 2.33. The van der Waals surface area contributed by atoms with Crippen LogP contribution in [0.2, 0.25) is 0 Å². The van der Waals surface area contributed by atoms with Crippen molar-refractivity contribution in [2.45, 2.75) is 38.0 Å². The molecule has 2 heterocycles. The van der Waals surface area contributed by atoms with Gasteiger partial charge in [0.1, 0.15) is 6.04 Å². The molecule has 0 spiro atoms. The lowest BCUT2D eigenvalue weighted by Gasteiger charge is -2.37. The number of aryl methyl sites for hydroxylation is 3. The Hall–Kier alpha value is -3.68. The summed E-state index contributed by atoms with van der Waals surface area (Å²) in [6, 6.07) is 23.2. The van der Waals surface area contributed by atoms with E-state index in [1.807, 2.05) is 30.3 Å². The molecule has 0 saturated carbocycles. The number of hydrogen-bond acceptors (Lipinski definition) is 4. The van der Waals surface area contributed by atoms with Crippen molar-refractivity contribution in [3.63, 3.8) is 0 Å². The lowest BCUT2D eigenvalue weighted by atomic mass is 9.96. The molecule has 1 atom stereocenters. The summed E-state index contributed by atoms with van der Waals surface area (Å²) in [4.78, 5) is 2.21. The maximum atomic E-state index is 13.2. The summed E-state index contributed by atoms with van der Waals surface area (Å²) in [5.74, 6) is 0.618. The average molecular weight is 464 g/mol. The van der Waals surface area contributed by atoms with E-state index in [0.29, 0.717) is 12.4 Å². The molecule has 1 aliphatic rings. The summed E-state index contributed by atoms with van der Waals surface area (Å²) < 4.78 is 41.4. The number of anilines is 1. The molecule has 4 aromatic rings. The van der Waals surface area contributed by atoms with Crippen LogP contribution in [0.25, 0.3) is 0 Å². The zero-order chi connectivity index (χ0) is 23.5. The van der Waals surface area contributed by atoms with Crippen LogP contribution in [0.3, 0.4) is 0 Å². The highest BCUT2D eigenvalue weighted by Crippen LogP contribution is 2.38. The van der Waals surface area contributed by atoms with Gasteiger partial charge >= 0.3 is 6.18 Å². The Morgan fingerprint density at radius 3 is 2.38 bits per heavy atom. The number of benzene rings is 3. The molecule has 0 unspecified atom stereocenters. The zero-order valence-electron chi connectivity index (χ0n) is 18.5. The van der Waals surface area contributed by atoms with Gasteiger partial charge < -0.3 is 4.90 Å². The summed E-state index contributed by atoms with van der Waals surface area (Å²) in [6.07, 6.45) is -1.73. The first kappa shape index (κ1) is 22.1. The molecule has 0 amide bonds. The van der Waals surface area contributed by atoms with Crippen LogP contribution in [0.15, 0.2) is 78.9 Å². The van der Waals surface area contributed by atoms with Crippen molar-refractivity contribution < 1.29 is 13.2 Å². The van der Waals surface area contributed by atoms with Gasteiger partial charge in [0, 0.05) is 18.8 Å². The van der Waals surface area contributed by atoms with E-state index in [0.717, 1.165) is 49.2 Å². The second-order valence-electron chi connectivity index (χ2n) is 8.44. The van der Waals surface area contributed by atoms with E-state index in [2.05, 4.69) is 44.7 Å². The van der Waals surface area contributed by atoms with Gasteiger partial charge in [0.15, 0.2) is 5.82 Å². The molecule has 0 radical (unpaired) electrons. The van der Waals surface area contributed by atoms with Crippen LogP contribution < -0.4 is 4.90 Å². The fourth-order valence-electron chi connectivity index (χ4n) is 4.60. The first-order valence-corrected chi connectivity index (χ1v) is 11.3. The van der Waals surface area contributed by atoms with Gasteiger partial charge in [-0.05, 0) is 64.6 Å². The first-order chi connectivity index (χ1) is 16.5. The number of fused-ring (bicyclic) bond motifs is 1. The van der Waals surface area contributed by atoms with E-state index in [9.17, 15) is 13.2 Å². The molecular weight excluding hydrogens is 439 g/mol. The predicted molar refractivity (Wildman–Crippen MR) is 123 cm³/mol. The minimum absolute atomic E-state index is 0.408. The molecule has 0 saturated heterocycles. The minimum Gasteiger partial charge on any atom is -0.357 e. The molecule has 3 aromatic carbocycles. The van der Waals surface area contributed by atoms with Crippen molar-refractivity contribution in [1.29, 1.82) is 0 Å². The van der Waals surface area contributed by atoms with Gasteiger partial charge in [-0.2, -0.15) is 13.2 Å². The number of nitrogens with zero attached hydrogens (tertiary/aromatic N) is 5. The van der Waals surface area contributed by atoms with Gasteiger partial charge in [0.05, 0.1) is 5.56 Å². The Bertz CT molecular complexity index is 1240. The van der Waals surface area contributed by atoms with Gasteiger partial charge in [-0.1, -0.05) is 60.7 Å². The molecule has 1 aliphatic heterocycles. The molecule has 0 N–H and O–H groups in total. The highest BCUT2D eigenvalue weighted by molar-refractivity contribution is 5.58. The Morgan fingerprint density at radius 2 is 1.62 bits per heavy atom. The molecule has 0 bridgehead atoms. The van der Waals surface area contributed by atoms with Crippen LogP contribution in [-0.2, 0) is 25.6 Å². The lowest BCUT2D eigenvalue weighted by molar-refractivity contribution is -0.137. The van der Waals surface area contributed by atoms with Crippen LogP contribution in [0.4, 0.5) is 18.9 Å². The van der Waals surface area contributed by atoms with Gasteiger partial charge in [0.2, 0.25) is 0 Å². The standard InChI is InChI=1S/C26H24F3N5/c27-26(28,29)22-14-12-21(13-15-22)24(33-17-6-10-20-9-4-5-11-23(20)33)25-30-31-32-34(25)18-16-19-7-2-1-3-8-19/h1-5,7-9,11-15,24H,6,10,16-18H2/t24-/m1/s1. The molecule has 1 aromatic heterocycles. The van der Waals surface area contributed by atoms with Gasteiger partial charge in [-0.3, -0.25) is 0 Å². The fraction of sp³-hybridized carbons (Fsp3) is 0.269. The average Bonchev–Trinajstić information content (AvgIpc) is 3.32. The molecular formula is C26H24F3N5. The van der Waals surface area contributed by atoms with Gasteiger partial charge in [0.25, 0.3) is 0 Å². The molecule has 0 fully saturated rings.